The zero-order chi connectivity index (χ0) is 2.71. The average molecular weight is 69.1 g/mol. The van der Waals surface area contributed by atoms with Gasteiger partial charge >= 0.3 is 0 Å². The summed E-state index contributed by atoms with van der Waals surface area (Å²) in [4.78, 5) is 0. The molecule has 0 nitrogen and oxygen atoms in total. The maximum atomic E-state index is 3.79. The Morgan fingerprint density at radius 3 is 1.75 bits per heavy atom. The van der Waals surface area contributed by atoms with Gasteiger partial charge in [0, 0.05) is 18.9 Å². The van der Waals surface area contributed by atoms with Gasteiger partial charge in [-0.15, -0.1) is 0 Å². The summed E-state index contributed by atoms with van der Waals surface area (Å²) in [6.45, 7) is 1.99. The molecule has 0 heterocycles. The van der Waals surface area contributed by atoms with E-state index in [0.717, 1.165) is 5.75 Å². The van der Waals surface area contributed by atoms with Gasteiger partial charge in [0.1, 0.15) is 0 Å². The third-order valence-corrected chi connectivity index (χ3v) is 0. The number of hydrogen-bond acceptors (Lipinski definition) is 1. The molecule has 0 spiro atoms. The molecule has 21 valence electrons. The molecular formula is C2H6LiS. The molecule has 0 amide bonds. The molecular weight excluding hydrogens is 63.0 g/mol. The summed E-state index contributed by atoms with van der Waals surface area (Å²) in [7, 11) is 0. The summed E-state index contributed by atoms with van der Waals surface area (Å²) in [6.07, 6.45) is 0. The molecule has 0 aromatic rings. The fourth-order valence-corrected chi connectivity index (χ4v) is 0. The van der Waals surface area contributed by atoms with Crippen molar-refractivity contribution in [2.75, 3.05) is 5.75 Å². The van der Waals surface area contributed by atoms with Crippen LogP contribution in [-0.4, -0.2) is 24.6 Å². The second-order valence-electron chi connectivity index (χ2n) is 0.316. The van der Waals surface area contributed by atoms with Gasteiger partial charge in [-0.3, -0.25) is 0 Å². The third kappa shape index (κ3) is 12.5. The van der Waals surface area contributed by atoms with Crippen LogP contribution >= 0.6 is 12.6 Å². The van der Waals surface area contributed by atoms with E-state index in [1.807, 2.05) is 6.92 Å². The Hall–Kier alpha value is 0.947. The Bertz CT molecular complexity index is 6.00. The predicted octanol–water partition coefficient (Wildman–Crippen LogP) is 0.555. The van der Waals surface area contributed by atoms with Gasteiger partial charge in [-0.05, 0) is 5.75 Å². The van der Waals surface area contributed by atoms with E-state index in [1.54, 1.807) is 0 Å². The van der Waals surface area contributed by atoms with Gasteiger partial charge in [0.05, 0.1) is 0 Å². The summed E-state index contributed by atoms with van der Waals surface area (Å²) < 4.78 is 0. The Labute approximate surface area is 44.6 Å². The molecule has 0 saturated heterocycles. The molecule has 0 bridgehead atoms. The maximum Gasteiger partial charge on any atom is 0 e. The van der Waals surface area contributed by atoms with Gasteiger partial charge in [0.2, 0.25) is 0 Å². The zero-order valence-electron chi connectivity index (χ0n) is 3.15. The van der Waals surface area contributed by atoms with Crippen LogP contribution in [0.15, 0.2) is 0 Å². The van der Waals surface area contributed by atoms with Gasteiger partial charge in [-0.1, -0.05) is 6.92 Å². The standard InChI is InChI=1S/C2H6S.Li/c1-2-3;/h3H,2H2,1H3;. The second-order valence-corrected chi connectivity index (χ2v) is 0.949. The van der Waals surface area contributed by atoms with Gasteiger partial charge in [-0.2, -0.15) is 12.6 Å². The quantitative estimate of drug-likeness (QED) is 0.312. The van der Waals surface area contributed by atoms with Gasteiger partial charge < -0.3 is 0 Å². The van der Waals surface area contributed by atoms with Crippen LogP contribution in [0.1, 0.15) is 6.92 Å². The van der Waals surface area contributed by atoms with Crippen LogP contribution < -0.4 is 0 Å². The van der Waals surface area contributed by atoms with Crippen LogP contribution in [0.2, 0.25) is 0 Å². The van der Waals surface area contributed by atoms with Gasteiger partial charge in [-0.25, -0.2) is 0 Å². The fourth-order valence-electron chi connectivity index (χ4n) is 0. The van der Waals surface area contributed by atoms with Crippen molar-refractivity contribution in [1.82, 2.24) is 0 Å². The molecule has 2 heteroatoms. The summed E-state index contributed by atoms with van der Waals surface area (Å²) in [5.41, 5.74) is 0. The van der Waals surface area contributed by atoms with E-state index >= 15 is 0 Å². The minimum atomic E-state index is 0. The summed E-state index contributed by atoms with van der Waals surface area (Å²) in [6, 6.07) is 0. The van der Waals surface area contributed by atoms with Crippen molar-refractivity contribution in [3.63, 3.8) is 0 Å². The van der Waals surface area contributed by atoms with Crippen LogP contribution in [0.4, 0.5) is 0 Å². The molecule has 0 N–H and O–H groups in total. The molecule has 0 aliphatic heterocycles. The van der Waals surface area contributed by atoms with E-state index in [-0.39, 0.29) is 18.9 Å². The van der Waals surface area contributed by atoms with E-state index in [1.165, 1.54) is 0 Å². The van der Waals surface area contributed by atoms with Gasteiger partial charge in [0.25, 0.3) is 0 Å². The first kappa shape index (κ1) is 8.87. The zero-order valence-corrected chi connectivity index (χ0v) is 4.05. The van der Waals surface area contributed by atoms with Crippen molar-refractivity contribution in [3.8, 4) is 0 Å². The summed E-state index contributed by atoms with van der Waals surface area (Å²) in [5.74, 6) is 0.944. The minimum Gasteiger partial charge on any atom is -0.180 e. The van der Waals surface area contributed by atoms with Gasteiger partial charge in [0.15, 0.2) is 0 Å². The molecule has 0 rings (SSSR count). The van der Waals surface area contributed by atoms with Crippen molar-refractivity contribution < 1.29 is 0 Å². The van der Waals surface area contributed by atoms with E-state index in [0.29, 0.717) is 0 Å². The number of rotatable bonds is 0. The largest absolute Gasteiger partial charge is 0.180 e. The summed E-state index contributed by atoms with van der Waals surface area (Å²) >= 11 is 3.79. The average Bonchev–Trinajstić information content (AvgIpc) is 0.918. The molecule has 0 aliphatic carbocycles. The molecule has 0 fully saturated rings. The van der Waals surface area contributed by atoms with Crippen LogP contribution in [-0.2, 0) is 0 Å². The van der Waals surface area contributed by atoms with Crippen molar-refractivity contribution in [3.05, 3.63) is 0 Å². The number of thiol groups is 1. The van der Waals surface area contributed by atoms with Crippen LogP contribution in [0.3, 0.4) is 0 Å². The monoisotopic (exact) mass is 69.0 g/mol. The molecule has 0 aliphatic rings. The normalized spacial score (nSPS) is 4.50. The van der Waals surface area contributed by atoms with Crippen molar-refractivity contribution in [1.29, 1.82) is 0 Å². The first-order chi connectivity index (χ1) is 1.41. The molecule has 0 saturated carbocycles. The molecule has 1 radical (unpaired) electrons. The topological polar surface area (TPSA) is 0 Å². The van der Waals surface area contributed by atoms with Crippen LogP contribution in [0.5, 0.6) is 0 Å². The van der Waals surface area contributed by atoms with Crippen molar-refractivity contribution in [2.24, 2.45) is 0 Å². The van der Waals surface area contributed by atoms with E-state index in [2.05, 4.69) is 12.6 Å². The van der Waals surface area contributed by atoms with E-state index in [9.17, 15) is 0 Å². The first-order valence-electron chi connectivity index (χ1n) is 1.02. The van der Waals surface area contributed by atoms with E-state index < -0.39 is 0 Å². The molecule has 0 atom stereocenters. The van der Waals surface area contributed by atoms with Crippen LogP contribution in [0, 0.1) is 0 Å². The molecule has 0 unspecified atom stereocenters. The predicted molar refractivity (Wildman–Crippen MR) is 25.3 cm³/mol. The molecule has 4 heavy (non-hydrogen) atoms. The first-order valence-corrected chi connectivity index (χ1v) is 1.66. The minimum absolute atomic E-state index is 0. The Morgan fingerprint density at radius 2 is 1.75 bits per heavy atom. The molecule has 0 aromatic carbocycles. The van der Waals surface area contributed by atoms with E-state index in [4.69, 9.17) is 0 Å². The Balaban J connectivity index is 0. The van der Waals surface area contributed by atoms with Crippen molar-refractivity contribution in [2.45, 2.75) is 6.92 Å². The smallest absolute Gasteiger partial charge is 0 e. The fraction of sp³-hybridized carbons (Fsp3) is 1.00. The van der Waals surface area contributed by atoms with Crippen LogP contribution in [0.25, 0.3) is 0 Å². The Morgan fingerprint density at radius 1 is 1.75 bits per heavy atom. The second kappa shape index (κ2) is 9.04. The summed E-state index contributed by atoms with van der Waals surface area (Å²) in [5, 5.41) is 0. The Kier molecular flexibility index (Phi) is 20.1. The third-order valence-electron chi connectivity index (χ3n) is 0. The maximum absolute atomic E-state index is 3.79. The van der Waals surface area contributed by atoms with Crippen molar-refractivity contribution >= 4 is 31.5 Å². The molecule has 0 aromatic heterocycles. The number of hydrogen-bond donors (Lipinski definition) is 1. The SMILES string of the molecule is CCS.[Li].